The molecule has 6 rings (SSSR count). The predicted molar refractivity (Wildman–Crippen MR) is 147 cm³/mol. The lowest BCUT2D eigenvalue weighted by molar-refractivity contribution is -0.0342. The number of amides is 1. The molecular weight excluding hydrogens is 482 g/mol. The van der Waals surface area contributed by atoms with Crippen LogP contribution in [-0.4, -0.2) is 83.5 Å². The van der Waals surface area contributed by atoms with Crippen molar-refractivity contribution in [2.75, 3.05) is 62.0 Å². The Morgan fingerprint density at radius 2 is 1.79 bits per heavy atom. The number of benzene rings is 1. The van der Waals surface area contributed by atoms with Crippen molar-refractivity contribution in [3.05, 3.63) is 42.2 Å². The number of rotatable bonds is 7. The summed E-state index contributed by atoms with van der Waals surface area (Å²) in [4.78, 5) is 26.6. The Labute approximate surface area is 222 Å². The quantitative estimate of drug-likeness (QED) is 0.373. The fourth-order valence-electron chi connectivity index (χ4n) is 5.82. The van der Waals surface area contributed by atoms with Gasteiger partial charge in [0.15, 0.2) is 17.3 Å². The molecule has 0 unspecified atom stereocenters. The van der Waals surface area contributed by atoms with Gasteiger partial charge in [0.05, 0.1) is 0 Å². The maximum Gasteiger partial charge on any atom is 0.271 e. The molecule has 1 aliphatic carbocycles. The van der Waals surface area contributed by atoms with Crippen LogP contribution in [0.1, 0.15) is 36.2 Å². The van der Waals surface area contributed by atoms with Crippen molar-refractivity contribution in [2.45, 2.75) is 31.7 Å². The summed E-state index contributed by atoms with van der Waals surface area (Å²) in [5.41, 5.74) is 9.27. The highest BCUT2D eigenvalue weighted by Gasteiger charge is 2.45. The zero-order chi connectivity index (χ0) is 26.1. The first-order valence-electron chi connectivity index (χ1n) is 13.3. The number of aromatic nitrogens is 4. The smallest absolute Gasteiger partial charge is 0.271 e. The molecule has 11 nitrogen and oxygen atoms in total. The number of likely N-dealkylation sites (N-methyl/N-ethyl adjacent to an activating group) is 1. The molecule has 2 aliphatic heterocycles. The predicted octanol–water partition coefficient (Wildman–Crippen LogP) is 2.83. The van der Waals surface area contributed by atoms with Gasteiger partial charge in [0.2, 0.25) is 0 Å². The molecule has 3 aliphatic rings. The van der Waals surface area contributed by atoms with Gasteiger partial charge in [0, 0.05) is 63.0 Å². The maximum absolute atomic E-state index is 12.4. The first-order chi connectivity index (χ1) is 18.5. The van der Waals surface area contributed by atoms with Gasteiger partial charge in [-0.25, -0.2) is 9.97 Å². The second-order valence-electron chi connectivity index (χ2n) is 10.8. The third kappa shape index (κ3) is 5.03. The van der Waals surface area contributed by atoms with Crippen LogP contribution in [0.2, 0.25) is 0 Å². The average molecular weight is 518 g/mol. The molecule has 0 atom stereocenters. The number of nitrogens with two attached hydrogens (primary N) is 1. The number of nitrogens with one attached hydrogen (secondary N) is 3. The fourth-order valence-corrected chi connectivity index (χ4v) is 5.82. The Hall–Kier alpha value is -3.70. The van der Waals surface area contributed by atoms with Crippen molar-refractivity contribution in [2.24, 2.45) is 11.1 Å². The Bertz CT molecular complexity index is 1260. The van der Waals surface area contributed by atoms with Crippen molar-refractivity contribution < 1.29 is 9.53 Å². The van der Waals surface area contributed by atoms with E-state index >= 15 is 0 Å². The van der Waals surface area contributed by atoms with Gasteiger partial charge in [0.1, 0.15) is 11.4 Å². The topological polar surface area (TPSA) is 137 Å². The van der Waals surface area contributed by atoms with Gasteiger partial charge in [-0.05, 0) is 68.5 Å². The van der Waals surface area contributed by atoms with Crippen LogP contribution in [0.4, 0.5) is 23.0 Å². The SMILES string of the molecule is CN1CCN(c2ccc(Nc3nc(NC4CC5(CCOCC5)C4)c(-c4cc[nH]n4)nc3C(N)=O)cc2)CC1. The molecule has 3 fully saturated rings. The normalized spacial score (nSPS) is 19.8. The van der Waals surface area contributed by atoms with E-state index in [4.69, 9.17) is 15.5 Å². The van der Waals surface area contributed by atoms with Gasteiger partial charge in [-0.3, -0.25) is 9.89 Å². The molecular formula is C27H35N9O2. The number of nitrogens with zero attached hydrogens (tertiary/aromatic N) is 5. The molecule has 38 heavy (non-hydrogen) atoms. The van der Waals surface area contributed by atoms with E-state index in [0.717, 1.165) is 70.8 Å². The number of H-pyrrole nitrogens is 1. The number of hydrogen-bond acceptors (Lipinski definition) is 9. The van der Waals surface area contributed by atoms with Crippen molar-refractivity contribution in [3.8, 4) is 11.4 Å². The Morgan fingerprint density at radius 3 is 2.45 bits per heavy atom. The first-order valence-corrected chi connectivity index (χ1v) is 13.3. The first kappa shape index (κ1) is 24.6. The summed E-state index contributed by atoms with van der Waals surface area (Å²) in [7, 11) is 2.15. The zero-order valence-electron chi connectivity index (χ0n) is 21.7. The molecule has 2 aromatic heterocycles. The molecule has 4 heterocycles. The lowest BCUT2D eigenvalue weighted by atomic mass is 9.61. The number of ether oxygens (including phenoxy) is 1. The lowest BCUT2D eigenvalue weighted by Gasteiger charge is -2.50. The van der Waals surface area contributed by atoms with Crippen LogP contribution < -0.4 is 21.3 Å². The second-order valence-corrected chi connectivity index (χ2v) is 10.8. The summed E-state index contributed by atoms with van der Waals surface area (Å²) < 4.78 is 5.57. The Balaban J connectivity index is 1.25. The summed E-state index contributed by atoms with van der Waals surface area (Å²) in [6.07, 6.45) is 6.04. The number of aromatic amines is 1. The number of carbonyl (C=O) groups excluding carboxylic acids is 1. The average Bonchev–Trinajstić information content (AvgIpc) is 3.44. The van der Waals surface area contributed by atoms with Gasteiger partial charge in [-0.1, -0.05) is 0 Å². The molecule has 200 valence electrons. The molecule has 1 saturated carbocycles. The molecule has 5 N–H and O–H groups in total. The summed E-state index contributed by atoms with van der Waals surface area (Å²) in [6.45, 7) is 5.76. The van der Waals surface area contributed by atoms with E-state index < -0.39 is 5.91 Å². The molecule has 0 radical (unpaired) electrons. The van der Waals surface area contributed by atoms with E-state index in [1.165, 1.54) is 5.69 Å². The molecule has 1 spiro atoms. The Morgan fingerprint density at radius 1 is 1.05 bits per heavy atom. The lowest BCUT2D eigenvalue weighted by Crippen LogP contribution is -2.48. The maximum atomic E-state index is 12.4. The highest BCUT2D eigenvalue weighted by molar-refractivity contribution is 5.97. The highest BCUT2D eigenvalue weighted by atomic mass is 16.5. The number of carbonyl (C=O) groups is 1. The van der Waals surface area contributed by atoms with Gasteiger partial charge >= 0.3 is 0 Å². The number of primary amides is 1. The van der Waals surface area contributed by atoms with Crippen molar-refractivity contribution >= 4 is 28.9 Å². The van der Waals surface area contributed by atoms with Crippen molar-refractivity contribution in [3.63, 3.8) is 0 Å². The number of piperazine rings is 1. The van der Waals surface area contributed by atoms with Gasteiger partial charge in [0.25, 0.3) is 5.91 Å². The van der Waals surface area contributed by atoms with Crippen LogP contribution in [0.25, 0.3) is 11.4 Å². The van der Waals surface area contributed by atoms with Crippen LogP contribution in [0.5, 0.6) is 0 Å². The van der Waals surface area contributed by atoms with Crippen LogP contribution in [0, 0.1) is 5.41 Å². The minimum atomic E-state index is -0.651. The number of hydrogen-bond donors (Lipinski definition) is 4. The van der Waals surface area contributed by atoms with E-state index in [9.17, 15) is 4.79 Å². The van der Waals surface area contributed by atoms with E-state index in [0.29, 0.717) is 28.4 Å². The minimum Gasteiger partial charge on any atom is -0.381 e. The summed E-state index contributed by atoms with van der Waals surface area (Å²) in [5.74, 6) is 0.263. The van der Waals surface area contributed by atoms with E-state index in [-0.39, 0.29) is 11.7 Å². The molecule has 2 saturated heterocycles. The minimum absolute atomic E-state index is 0.0752. The van der Waals surface area contributed by atoms with Gasteiger partial charge in [-0.15, -0.1) is 0 Å². The van der Waals surface area contributed by atoms with Gasteiger partial charge < -0.3 is 30.9 Å². The van der Waals surface area contributed by atoms with Crippen molar-refractivity contribution in [1.82, 2.24) is 25.1 Å². The molecule has 11 heteroatoms. The van der Waals surface area contributed by atoms with Gasteiger partial charge in [-0.2, -0.15) is 5.10 Å². The standard InChI is InChI=1S/C27H35N9O2/c1-35-10-12-36(13-11-35)20-4-2-18(3-5-20)30-26-23(24(28)37)32-22(21-6-9-29-34-21)25(33-26)31-19-16-27(17-19)7-14-38-15-8-27/h2-6,9,19H,7-8,10-17H2,1H3,(H2,28,37)(H,29,34)(H2,30,31,33). The van der Waals surface area contributed by atoms with Crippen LogP contribution >= 0.6 is 0 Å². The second kappa shape index (κ2) is 10.2. The molecule has 1 amide bonds. The molecule has 0 bridgehead atoms. The van der Waals surface area contributed by atoms with Crippen LogP contribution in [0.3, 0.4) is 0 Å². The summed E-state index contributed by atoms with van der Waals surface area (Å²) >= 11 is 0. The fraction of sp³-hybridized carbons (Fsp3) is 0.481. The monoisotopic (exact) mass is 517 g/mol. The Kier molecular flexibility index (Phi) is 6.62. The zero-order valence-corrected chi connectivity index (χ0v) is 21.7. The van der Waals surface area contributed by atoms with E-state index in [2.05, 4.69) is 54.8 Å². The number of anilines is 4. The van der Waals surface area contributed by atoms with E-state index in [1.54, 1.807) is 6.20 Å². The third-order valence-corrected chi connectivity index (χ3v) is 8.12. The van der Waals surface area contributed by atoms with E-state index in [1.807, 2.05) is 18.2 Å². The summed E-state index contributed by atoms with van der Waals surface area (Å²) in [6, 6.07) is 10.2. The van der Waals surface area contributed by atoms with Crippen LogP contribution in [-0.2, 0) is 4.74 Å². The molecule has 1 aromatic carbocycles. The van der Waals surface area contributed by atoms with Crippen molar-refractivity contribution in [1.29, 1.82) is 0 Å². The molecule has 3 aromatic rings. The van der Waals surface area contributed by atoms with Crippen LogP contribution in [0.15, 0.2) is 36.5 Å². The largest absolute Gasteiger partial charge is 0.381 e. The summed E-state index contributed by atoms with van der Waals surface area (Å²) in [5, 5.41) is 14.0. The highest BCUT2D eigenvalue weighted by Crippen LogP contribution is 2.50. The third-order valence-electron chi connectivity index (χ3n) is 8.12.